The molecule has 0 aliphatic carbocycles. The van der Waals surface area contributed by atoms with Crippen LogP contribution in [-0.2, 0) is 10.2 Å². The van der Waals surface area contributed by atoms with Gasteiger partial charge in [0.25, 0.3) is 5.91 Å². The van der Waals surface area contributed by atoms with Gasteiger partial charge in [0, 0.05) is 17.1 Å². The number of benzene rings is 1. The smallest absolute Gasteiger partial charge is 0.313 e. The molecule has 0 radical (unpaired) electrons. The van der Waals surface area contributed by atoms with Crippen LogP contribution in [0.3, 0.4) is 0 Å². The van der Waals surface area contributed by atoms with Gasteiger partial charge in [0.1, 0.15) is 5.56 Å². The fraction of sp³-hybridized carbons (Fsp3) is 0.300. The molecule has 7 heteroatoms. The first-order valence-corrected chi connectivity index (χ1v) is 8.60. The minimum atomic E-state index is -0.999. The van der Waals surface area contributed by atoms with E-state index in [1.807, 2.05) is 19.9 Å². The summed E-state index contributed by atoms with van der Waals surface area (Å²) in [5, 5.41) is 16.6. The van der Waals surface area contributed by atoms with Crippen molar-refractivity contribution in [3.05, 3.63) is 58.5 Å². The summed E-state index contributed by atoms with van der Waals surface area (Å²) in [5.74, 6) is -1.21. The van der Waals surface area contributed by atoms with Crippen molar-refractivity contribution < 1.29 is 14.7 Å². The highest BCUT2D eigenvalue weighted by atomic mass is 16.4. The average molecular weight is 366 g/mol. The van der Waals surface area contributed by atoms with E-state index >= 15 is 0 Å². The van der Waals surface area contributed by atoms with Crippen LogP contribution >= 0.6 is 0 Å². The maximum absolute atomic E-state index is 12.8. The van der Waals surface area contributed by atoms with E-state index in [1.165, 1.54) is 0 Å². The number of carbonyl (C=O) groups excluding carboxylic acids is 1. The lowest BCUT2D eigenvalue weighted by atomic mass is 9.85. The van der Waals surface area contributed by atoms with Crippen LogP contribution in [0.5, 0.6) is 0 Å². The maximum Gasteiger partial charge on any atom is 0.313 e. The van der Waals surface area contributed by atoms with E-state index in [0.29, 0.717) is 28.2 Å². The SMILES string of the molecule is Cc1cc(C)n2nc(C)c(C(=O)Nc3ccc(C(C)(C)C(=O)O)cc3)c2n1. The number of carboxylic acid groups (broad SMARTS) is 1. The number of carbonyl (C=O) groups is 2. The lowest BCUT2D eigenvalue weighted by Crippen LogP contribution is -2.28. The Morgan fingerprint density at radius 1 is 1.11 bits per heavy atom. The molecule has 1 aromatic carbocycles. The summed E-state index contributed by atoms with van der Waals surface area (Å²) in [6, 6.07) is 8.72. The molecule has 3 rings (SSSR count). The Balaban J connectivity index is 1.91. The van der Waals surface area contributed by atoms with E-state index in [-0.39, 0.29) is 5.91 Å². The topological polar surface area (TPSA) is 96.6 Å². The number of hydrogen-bond acceptors (Lipinski definition) is 4. The van der Waals surface area contributed by atoms with Gasteiger partial charge in [-0.15, -0.1) is 0 Å². The molecule has 0 bridgehead atoms. The third kappa shape index (κ3) is 3.28. The largest absolute Gasteiger partial charge is 0.481 e. The second kappa shape index (κ2) is 6.50. The van der Waals surface area contributed by atoms with Crippen molar-refractivity contribution in [3.8, 4) is 0 Å². The first kappa shape index (κ1) is 18.6. The zero-order valence-corrected chi connectivity index (χ0v) is 16.0. The van der Waals surface area contributed by atoms with Crippen molar-refractivity contribution in [1.82, 2.24) is 14.6 Å². The highest BCUT2D eigenvalue weighted by Crippen LogP contribution is 2.25. The Kier molecular flexibility index (Phi) is 4.47. The fourth-order valence-electron chi connectivity index (χ4n) is 2.98. The summed E-state index contributed by atoms with van der Waals surface area (Å²) >= 11 is 0. The van der Waals surface area contributed by atoms with Gasteiger partial charge in [0.15, 0.2) is 5.65 Å². The van der Waals surface area contributed by atoms with Gasteiger partial charge < -0.3 is 10.4 Å². The highest BCUT2D eigenvalue weighted by Gasteiger charge is 2.29. The minimum absolute atomic E-state index is 0.301. The molecule has 0 unspecified atom stereocenters. The molecule has 27 heavy (non-hydrogen) atoms. The first-order valence-electron chi connectivity index (χ1n) is 8.60. The lowest BCUT2D eigenvalue weighted by molar-refractivity contribution is -0.142. The molecule has 0 saturated carbocycles. The number of aliphatic carboxylic acids is 1. The second-order valence-corrected chi connectivity index (χ2v) is 7.20. The first-order chi connectivity index (χ1) is 12.6. The van der Waals surface area contributed by atoms with Crippen molar-refractivity contribution in [2.75, 3.05) is 5.32 Å². The lowest BCUT2D eigenvalue weighted by Gasteiger charge is -2.19. The molecule has 0 atom stereocenters. The molecule has 0 spiro atoms. The maximum atomic E-state index is 12.8. The average Bonchev–Trinajstić information content (AvgIpc) is 2.91. The van der Waals surface area contributed by atoms with E-state index in [2.05, 4.69) is 15.4 Å². The predicted molar refractivity (Wildman–Crippen MR) is 102 cm³/mol. The van der Waals surface area contributed by atoms with Crippen LogP contribution in [0, 0.1) is 20.8 Å². The van der Waals surface area contributed by atoms with Crippen LogP contribution in [0.15, 0.2) is 30.3 Å². The standard InChI is InChI=1S/C20H22N4O3/c1-11-10-12(2)24-17(21-11)16(13(3)23-24)18(25)22-15-8-6-14(7-9-15)20(4,5)19(26)27/h6-10H,1-5H3,(H,22,25)(H,26,27). The van der Waals surface area contributed by atoms with E-state index < -0.39 is 11.4 Å². The van der Waals surface area contributed by atoms with E-state index in [4.69, 9.17) is 0 Å². The van der Waals surface area contributed by atoms with Gasteiger partial charge in [-0.2, -0.15) is 5.10 Å². The molecule has 0 fully saturated rings. The van der Waals surface area contributed by atoms with Gasteiger partial charge in [0.2, 0.25) is 0 Å². The van der Waals surface area contributed by atoms with E-state index in [1.54, 1.807) is 49.6 Å². The number of carboxylic acids is 1. The third-order valence-electron chi connectivity index (χ3n) is 4.70. The summed E-state index contributed by atoms with van der Waals surface area (Å²) in [4.78, 5) is 28.7. The summed E-state index contributed by atoms with van der Waals surface area (Å²) in [6.45, 7) is 8.85. The Bertz CT molecular complexity index is 1050. The highest BCUT2D eigenvalue weighted by molar-refractivity contribution is 6.09. The molecule has 3 aromatic rings. The van der Waals surface area contributed by atoms with Crippen molar-refractivity contribution >= 4 is 23.2 Å². The number of aryl methyl sites for hydroxylation is 3. The van der Waals surface area contributed by atoms with Gasteiger partial charge in [-0.3, -0.25) is 9.59 Å². The molecule has 7 nitrogen and oxygen atoms in total. The molecule has 2 N–H and O–H groups in total. The summed E-state index contributed by atoms with van der Waals surface area (Å²) in [5.41, 5.74) is 3.50. The summed E-state index contributed by atoms with van der Waals surface area (Å²) < 4.78 is 1.66. The van der Waals surface area contributed by atoms with Crippen molar-refractivity contribution in [2.45, 2.75) is 40.0 Å². The Morgan fingerprint density at radius 2 is 1.74 bits per heavy atom. The molecule has 2 aromatic heterocycles. The Morgan fingerprint density at radius 3 is 2.33 bits per heavy atom. The van der Waals surface area contributed by atoms with Crippen molar-refractivity contribution in [2.24, 2.45) is 0 Å². The van der Waals surface area contributed by atoms with Gasteiger partial charge in [-0.25, -0.2) is 9.50 Å². The van der Waals surface area contributed by atoms with Gasteiger partial charge in [-0.1, -0.05) is 12.1 Å². The number of aromatic nitrogens is 3. The third-order valence-corrected chi connectivity index (χ3v) is 4.70. The quantitative estimate of drug-likeness (QED) is 0.739. The summed E-state index contributed by atoms with van der Waals surface area (Å²) in [7, 11) is 0. The van der Waals surface area contributed by atoms with Crippen molar-refractivity contribution in [1.29, 1.82) is 0 Å². The van der Waals surface area contributed by atoms with Crippen LogP contribution in [0.25, 0.3) is 5.65 Å². The Labute approximate surface area is 157 Å². The zero-order chi connectivity index (χ0) is 19.9. The van der Waals surface area contributed by atoms with E-state index in [0.717, 1.165) is 11.4 Å². The fourth-order valence-corrected chi connectivity index (χ4v) is 2.98. The van der Waals surface area contributed by atoms with Gasteiger partial charge in [-0.05, 0) is 58.4 Å². The number of amides is 1. The number of rotatable bonds is 4. The molecule has 0 saturated heterocycles. The number of nitrogens with zero attached hydrogens (tertiary/aromatic N) is 3. The molecule has 1 amide bonds. The van der Waals surface area contributed by atoms with Gasteiger partial charge in [0.05, 0.1) is 11.1 Å². The monoisotopic (exact) mass is 366 g/mol. The predicted octanol–water partition coefficient (Wildman–Crippen LogP) is 3.27. The summed E-state index contributed by atoms with van der Waals surface area (Å²) in [6.07, 6.45) is 0. The normalized spacial score (nSPS) is 11.6. The zero-order valence-electron chi connectivity index (χ0n) is 16.0. The van der Waals surface area contributed by atoms with Crippen LogP contribution in [0.2, 0.25) is 0 Å². The number of anilines is 1. The molecule has 0 aliphatic rings. The number of hydrogen-bond donors (Lipinski definition) is 2. The Hall–Kier alpha value is -3.22. The van der Waals surface area contributed by atoms with E-state index in [9.17, 15) is 14.7 Å². The van der Waals surface area contributed by atoms with Crippen LogP contribution < -0.4 is 5.32 Å². The van der Waals surface area contributed by atoms with Crippen LogP contribution in [0.1, 0.15) is 46.9 Å². The molecule has 140 valence electrons. The molecular formula is C20H22N4O3. The number of nitrogens with one attached hydrogen (secondary N) is 1. The molecular weight excluding hydrogens is 344 g/mol. The van der Waals surface area contributed by atoms with Crippen molar-refractivity contribution in [3.63, 3.8) is 0 Å². The minimum Gasteiger partial charge on any atom is -0.481 e. The van der Waals surface area contributed by atoms with Gasteiger partial charge >= 0.3 is 5.97 Å². The molecule has 0 aliphatic heterocycles. The number of fused-ring (bicyclic) bond motifs is 1. The second-order valence-electron chi connectivity index (χ2n) is 7.20. The molecule has 2 heterocycles. The van der Waals surface area contributed by atoms with Crippen LogP contribution in [-0.4, -0.2) is 31.6 Å². The van der Waals surface area contributed by atoms with Crippen LogP contribution in [0.4, 0.5) is 5.69 Å².